The standard InChI is InChI=1S/C7H5ClI2/c8-7(10)5-3-1-2-4-6(5)9/h1-4,7H. The number of halogens is 3. The van der Waals surface area contributed by atoms with Crippen LogP contribution in [0.3, 0.4) is 0 Å². The highest BCUT2D eigenvalue weighted by molar-refractivity contribution is 14.1. The summed E-state index contributed by atoms with van der Waals surface area (Å²) in [6, 6.07) is 8.13. The second-order valence-electron chi connectivity index (χ2n) is 1.82. The molecule has 0 bridgehead atoms. The molecule has 0 saturated heterocycles. The average Bonchev–Trinajstić information content (AvgIpc) is 1.88. The molecule has 0 aliphatic heterocycles. The Labute approximate surface area is 92.6 Å². The summed E-state index contributed by atoms with van der Waals surface area (Å²) >= 11 is 10.4. The monoisotopic (exact) mass is 378 g/mol. The van der Waals surface area contributed by atoms with E-state index in [2.05, 4.69) is 51.2 Å². The molecular formula is C7H5ClI2. The van der Waals surface area contributed by atoms with Crippen molar-refractivity contribution in [1.82, 2.24) is 0 Å². The van der Waals surface area contributed by atoms with E-state index in [9.17, 15) is 0 Å². The fourth-order valence-electron chi connectivity index (χ4n) is 0.652. The van der Waals surface area contributed by atoms with Gasteiger partial charge in [-0.3, -0.25) is 0 Å². The maximum atomic E-state index is 5.89. The van der Waals surface area contributed by atoms with Crippen LogP contribution in [0.25, 0.3) is 0 Å². The first-order valence-corrected chi connectivity index (χ1v) is 5.50. The van der Waals surface area contributed by atoms with Gasteiger partial charge in [0.25, 0.3) is 0 Å². The van der Waals surface area contributed by atoms with Gasteiger partial charge in [-0.15, -0.1) is 11.6 Å². The second kappa shape index (κ2) is 4.11. The third-order valence-electron chi connectivity index (χ3n) is 1.14. The fraction of sp³-hybridized carbons (Fsp3) is 0.143. The van der Waals surface area contributed by atoms with Gasteiger partial charge in [0.1, 0.15) is 3.38 Å². The predicted octanol–water partition coefficient (Wildman–Crippen LogP) is 3.96. The molecule has 10 heavy (non-hydrogen) atoms. The molecule has 0 nitrogen and oxygen atoms in total. The van der Waals surface area contributed by atoms with E-state index in [1.165, 1.54) is 9.13 Å². The van der Waals surface area contributed by atoms with Crippen molar-refractivity contribution in [2.45, 2.75) is 3.38 Å². The number of hydrogen-bond acceptors (Lipinski definition) is 0. The minimum absolute atomic E-state index is 0.0886. The van der Waals surface area contributed by atoms with Gasteiger partial charge >= 0.3 is 0 Å². The van der Waals surface area contributed by atoms with Crippen molar-refractivity contribution in [3.05, 3.63) is 33.4 Å². The van der Waals surface area contributed by atoms with Crippen molar-refractivity contribution in [2.75, 3.05) is 0 Å². The van der Waals surface area contributed by atoms with Crippen LogP contribution in [0, 0.1) is 3.57 Å². The van der Waals surface area contributed by atoms with Crippen LogP contribution in [0.5, 0.6) is 0 Å². The van der Waals surface area contributed by atoms with Gasteiger partial charge in [0, 0.05) is 3.57 Å². The lowest BCUT2D eigenvalue weighted by atomic mass is 10.2. The first-order chi connectivity index (χ1) is 4.72. The molecule has 0 aliphatic carbocycles. The van der Waals surface area contributed by atoms with Crippen molar-refractivity contribution in [1.29, 1.82) is 0 Å². The highest BCUT2D eigenvalue weighted by atomic mass is 127. The molecule has 0 aliphatic rings. The first-order valence-electron chi connectivity index (χ1n) is 2.74. The van der Waals surface area contributed by atoms with Gasteiger partial charge in [0.05, 0.1) is 0 Å². The minimum Gasteiger partial charge on any atom is -0.106 e. The molecule has 1 rings (SSSR count). The van der Waals surface area contributed by atoms with Gasteiger partial charge in [-0.25, -0.2) is 0 Å². The third-order valence-corrected chi connectivity index (χ3v) is 3.03. The minimum atomic E-state index is 0.0886. The third kappa shape index (κ3) is 2.23. The summed E-state index contributed by atoms with van der Waals surface area (Å²) in [5.74, 6) is 0. The molecular weight excluding hydrogens is 373 g/mol. The van der Waals surface area contributed by atoms with Crippen LogP contribution < -0.4 is 0 Å². The zero-order valence-electron chi connectivity index (χ0n) is 5.02. The highest BCUT2D eigenvalue weighted by Gasteiger charge is 2.04. The molecule has 1 aromatic carbocycles. The average molecular weight is 378 g/mol. The van der Waals surface area contributed by atoms with Gasteiger partial charge in [-0.05, 0) is 34.2 Å². The van der Waals surface area contributed by atoms with E-state index in [-0.39, 0.29) is 3.38 Å². The molecule has 0 saturated carbocycles. The van der Waals surface area contributed by atoms with Gasteiger partial charge in [-0.2, -0.15) is 0 Å². The summed E-state index contributed by atoms with van der Waals surface area (Å²) in [4.78, 5) is 0. The summed E-state index contributed by atoms with van der Waals surface area (Å²) in [5.41, 5.74) is 1.20. The van der Waals surface area contributed by atoms with E-state index in [4.69, 9.17) is 11.6 Å². The lowest BCUT2D eigenvalue weighted by molar-refractivity contribution is 1.37. The summed E-state index contributed by atoms with van der Waals surface area (Å²) in [6.07, 6.45) is 0. The number of alkyl halides is 2. The molecule has 0 spiro atoms. The molecule has 0 heterocycles. The largest absolute Gasteiger partial charge is 0.111 e. The zero-order chi connectivity index (χ0) is 7.56. The Morgan fingerprint density at radius 2 is 1.90 bits per heavy atom. The van der Waals surface area contributed by atoms with E-state index in [0.717, 1.165) is 0 Å². The van der Waals surface area contributed by atoms with Crippen molar-refractivity contribution >= 4 is 56.8 Å². The Hall–Kier alpha value is 0.970. The second-order valence-corrected chi connectivity index (χ2v) is 5.40. The lowest BCUT2D eigenvalue weighted by Crippen LogP contribution is -1.83. The smallest absolute Gasteiger partial charge is 0.106 e. The van der Waals surface area contributed by atoms with Gasteiger partial charge < -0.3 is 0 Å². The topological polar surface area (TPSA) is 0 Å². The van der Waals surface area contributed by atoms with Crippen LogP contribution in [0.4, 0.5) is 0 Å². The van der Waals surface area contributed by atoms with Crippen molar-refractivity contribution in [3.63, 3.8) is 0 Å². The van der Waals surface area contributed by atoms with E-state index in [1.807, 2.05) is 18.2 Å². The Morgan fingerprint density at radius 3 is 2.30 bits per heavy atom. The van der Waals surface area contributed by atoms with Crippen LogP contribution in [-0.4, -0.2) is 0 Å². The molecule has 54 valence electrons. The Bertz CT molecular complexity index is 223. The highest BCUT2D eigenvalue weighted by Crippen LogP contribution is 2.30. The maximum absolute atomic E-state index is 5.89. The Morgan fingerprint density at radius 1 is 1.30 bits per heavy atom. The van der Waals surface area contributed by atoms with Crippen LogP contribution in [0.15, 0.2) is 24.3 Å². The molecule has 3 heteroatoms. The van der Waals surface area contributed by atoms with Crippen LogP contribution >= 0.6 is 56.8 Å². The summed E-state index contributed by atoms with van der Waals surface area (Å²) in [7, 11) is 0. The molecule has 0 radical (unpaired) electrons. The van der Waals surface area contributed by atoms with Gasteiger partial charge in [0.2, 0.25) is 0 Å². The van der Waals surface area contributed by atoms with Crippen LogP contribution in [-0.2, 0) is 0 Å². The van der Waals surface area contributed by atoms with Crippen LogP contribution in [0.1, 0.15) is 8.95 Å². The Kier molecular flexibility index (Phi) is 3.72. The molecule has 1 aromatic rings. The molecule has 0 aromatic heterocycles. The molecule has 1 atom stereocenters. The Balaban J connectivity index is 3.03. The maximum Gasteiger partial charge on any atom is 0.111 e. The van der Waals surface area contributed by atoms with Gasteiger partial charge in [0.15, 0.2) is 0 Å². The van der Waals surface area contributed by atoms with Crippen LogP contribution in [0.2, 0.25) is 0 Å². The van der Waals surface area contributed by atoms with E-state index in [0.29, 0.717) is 0 Å². The molecule has 0 N–H and O–H groups in total. The van der Waals surface area contributed by atoms with Crippen molar-refractivity contribution in [2.24, 2.45) is 0 Å². The quantitative estimate of drug-likeness (QED) is 0.513. The normalized spacial score (nSPS) is 13.1. The number of rotatable bonds is 1. The van der Waals surface area contributed by atoms with E-state index < -0.39 is 0 Å². The molecule has 0 fully saturated rings. The zero-order valence-corrected chi connectivity index (χ0v) is 10.1. The van der Waals surface area contributed by atoms with Crippen molar-refractivity contribution in [3.8, 4) is 0 Å². The summed E-state index contributed by atoms with van der Waals surface area (Å²) in [6.45, 7) is 0. The van der Waals surface area contributed by atoms with Gasteiger partial charge in [-0.1, -0.05) is 40.8 Å². The SMILES string of the molecule is ClC(I)c1ccccc1I. The molecule has 0 amide bonds. The molecule has 1 unspecified atom stereocenters. The lowest BCUT2D eigenvalue weighted by Gasteiger charge is -2.02. The van der Waals surface area contributed by atoms with E-state index in [1.54, 1.807) is 0 Å². The first kappa shape index (κ1) is 9.06. The summed E-state index contributed by atoms with van der Waals surface area (Å²) < 4.78 is 1.32. The van der Waals surface area contributed by atoms with E-state index >= 15 is 0 Å². The number of benzene rings is 1. The fourth-order valence-corrected chi connectivity index (χ4v) is 2.86. The van der Waals surface area contributed by atoms with Crippen molar-refractivity contribution < 1.29 is 0 Å². The predicted molar refractivity (Wildman–Crippen MR) is 61.8 cm³/mol. The summed E-state index contributed by atoms with van der Waals surface area (Å²) in [5, 5.41) is 0. The number of hydrogen-bond donors (Lipinski definition) is 0.